The fourth-order valence-corrected chi connectivity index (χ4v) is 4.84. The second-order valence-corrected chi connectivity index (χ2v) is 10.4. The lowest BCUT2D eigenvalue weighted by Gasteiger charge is -2.24. The molecule has 0 aliphatic heterocycles. The van der Waals surface area contributed by atoms with E-state index in [0.29, 0.717) is 43.9 Å². The van der Waals surface area contributed by atoms with E-state index in [9.17, 15) is 9.59 Å². The van der Waals surface area contributed by atoms with Crippen molar-refractivity contribution in [2.24, 2.45) is 22.2 Å². The van der Waals surface area contributed by atoms with Gasteiger partial charge in [0, 0.05) is 37.3 Å². The number of unbranched alkanes of at least 4 members (excludes halogenated alkanes) is 1. The van der Waals surface area contributed by atoms with Crippen molar-refractivity contribution in [3.8, 4) is 11.1 Å². The number of guanidine groups is 1. The van der Waals surface area contributed by atoms with Gasteiger partial charge in [-0.3, -0.25) is 9.59 Å². The maximum Gasteiger partial charge on any atom is 0.254 e. The predicted molar refractivity (Wildman–Crippen MR) is 173 cm³/mol. The highest BCUT2D eigenvalue weighted by Gasteiger charge is 2.17. The Balaban J connectivity index is 1.51. The lowest BCUT2D eigenvalue weighted by atomic mass is 10.0. The summed E-state index contributed by atoms with van der Waals surface area (Å²) in [5.41, 5.74) is 22.8. The molecule has 0 aliphatic rings. The highest BCUT2D eigenvalue weighted by Crippen LogP contribution is 2.23. The molecular weight excluding hydrogens is 536 g/mol. The molecule has 0 aliphatic carbocycles. The van der Waals surface area contributed by atoms with Crippen LogP contribution in [0.15, 0.2) is 108 Å². The van der Waals surface area contributed by atoms with Crippen LogP contribution in [-0.2, 0) is 19.5 Å². The van der Waals surface area contributed by atoms with Gasteiger partial charge in [-0.25, -0.2) is 4.99 Å². The molecule has 43 heavy (non-hydrogen) atoms. The Bertz CT molecular complexity index is 1520. The van der Waals surface area contributed by atoms with Crippen LogP contribution in [-0.4, -0.2) is 42.3 Å². The summed E-state index contributed by atoms with van der Waals surface area (Å²) in [6.45, 7) is 2.26. The second kappa shape index (κ2) is 15.9. The van der Waals surface area contributed by atoms with Gasteiger partial charge < -0.3 is 27.4 Å². The van der Waals surface area contributed by atoms with E-state index in [2.05, 4.69) is 40.6 Å². The van der Waals surface area contributed by atoms with Gasteiger partial charge in [-0.05, 0) is 77.4 Å². The Morgan fingerprint density at radius 1 is 0.721 bits per heavy atom. The molecule has 0 atom stereocenters. The number of hydrogen-bond donors (Lipinski definition) is 4. The Kier molecular flexibility index (Phi) is 11.5. The van der Waals surface area contributed by atoms with E-state index in [-0.39, 0.29) is 17.8 Å². The van der Waals surface area contributed by atoms with Crippen molar-refractivity contribution in [1.29, 1.82) is 0 Å². The molecule has 2 amide bonds. The maximum absolute atomic E-state index is 13.8. The average molecular weight is 577 g/mol. The van der Waals surface area contributed by atoms with E-state index in [0.717, 1.165) is 41.5 Å². The number of carbonyl (C=O) groups excluding carboxylic acids is 2. The summed E-state index contributed by atoms with van der Waals surface area (Å²) < 4.78 is 0. The molecule has 7 N–H and O–H groups in total. The van der Waals surface area contributed by atoms with Crippen molar-refractivity contribution in [1.82, 2.24) is 10.2 Å². The predicted octanol–water partition coefficient (Wildman–Crippen LogP) is 4.48. The Labute approximate surface area is 253 Å². The summed E-state index contributed by atoms with van der Waals surface area (Å²) in [6, 6.07) is 33.4. The van der Waals surface area contributed by atoms with Gasteiger partial charge in [0.05, 0.1) is 6.54 Å². The summed E-state index contributed by atoms with van der Waals surface area (Å²) >= 11 is 0. The van der Waals surface area contributed by atoms with E-state index in [1.165, 1.54) is 5.56 Å². The number of aliphatic imine (C=N–C) groups is 1. The Hall–Kier alpha value is -4.95. The number of nitrogens with two attached hydrogens (primary N) is 3. The molecule has 0 unspecified atom stereocenters. The first-order valence-corrected chi connectivity index (χ1v) is 14.6. The van der Waals surface area contributed by atoms with Crippen LogP contribution in [0.5, 0.6) is 0 Å². The second-order valence-electron chi connectivity index (χ2n) is 10.4. The number of nitrogens with one attached hydrogen (secondary N) is 1. The van der Waals surface area contributed by atoms with Gasteiger partial charge in [-0.1, -0.05) is 72.8 Å². The molecule has 0 bridgehead atoms. The fraction of sp³-hybridized carbons (Fsp3) is 0.229. The Morgan fingerprint density at radius 3 is 2.14 bits per heavy atom. The number of amides is 2. The molecule has 0 radical (unpaired) electrons. The highest BCUT2D eigenvalue weighted by atomic mass is 16.2. The minimum absolute atomic E-state index is 0.0305. The fourth-order valence-electron chi connectivity index (χ4n) is 4.84. The van der Waals surface area contributed by atoms with Gasteiger partial charge in [0.2, 0.25) is 0 Å². The van der Waals surface area contributed by atoms with Crippen LogP contribution in [0.4, 0.5) is 0 Å². The topological polar surface area (TPSA) is 140 Å². The van der Waals surface area contributed by atoms with Crippen molar-refractivity contribution in [2.45, 2.75) is 32.4 Å². The van der Waals surface area contributed by atoms with Crippen LogP contribution < -0.4 is 22.5 Å². The molecule has 0 spiro atoms. The molecular formula is C35H40N6O2. The number of hydrogen-bond acceptors (Lipinski definition) is 4. The van der Waals surface area contributed by atoms with Gasteiger partial charge in [0.15, 0.2) is 5.96 Å². The standard InChI is InChI=1S/C35H40N6O2/c36-19-20-39-33(42)32-14-7-13-31(23-32)30-12-6-11-28(22-30)25-41(21-5-4-10-26-8-2-1-3-9-26)34(43)29-17-15-27(16-18-29)24-40-35(37)38/h1-3,6-9,11-18,22-23H,4-5,10,19-21,24-25,36H2,(H,39,42)(H4,37,38,40). The van der Waals surface area contributed by atoms with Crippen molar-refractivity contribution in [3.05, 3.63) is 131 Å². The number of aryl methyl sites for hydroxylation is 1. The molecule has 8 heteroatoms. The lowest BCUT2D eigenvalue weighted by molar-refractivity contribution is 0.0740. The van der Waals surface area contributed by atoms with Crippen LogP contribution in [0.25, 0.3) is 11.1 Å². The lowest BCUT2D eigenvalue weighted by Crippen LogP contribution is -2.31. The van der Waals surface area contributed by atoms with Crippen molar-refractivity contribution in [2.75, 3.05) is 19.6 Å². The largest absolute Gasteiger partial charge is 0.370 e. The minimum Gasteiger partial charge on any atom is -0.370 e. The molecule has 222 valence electrons. The molecule has 8 nitrogen and oxygen atoms in total. The zero-order valence-electron chi connectivity index (χ0n) is 24.4. The number of nitrogens with zero attached hydrogens (tertiary/aromatic N) is 2. The van der Waals surface area contributed by atoms with Gasteiger partial charge in [0.1, 0.15) is 0 Å². The number of benzene rings is 4. The normalized spacial score (nSPS) is 10.6. The summed E-state index contributed by atoms with van der Waals surface area (Å²) in [5, 5.41) is 2.82. The van der Waals surface area contributed by atoms with Gasteiger partial charge >= 0.3 is 0 Å². The zero-order valence-corrected chi connectivity index (χ0v) is 24.4. The van der Waals surface area contributed by atoms with Crippen molar-refractivity contribution < 1.29 is 9.59 Å². The van der Waals surface area contributed by atoms with Gasteiger partial charge in [-0.15, -0.1) is 0 Å². The maximum atomic E-state index is 13.8. The van der Waals surface area contributed by atoms with E-state index >= 15 is 0 Å². The summed E-state index contributed by atoms with van der Waals surface area (Å²) in [7, 11) is 0. The van der Waals surface area contributed by atoms with Crippen LogP contribution in [0.1, 0.15) is 50.2 Å². The first kappa shape index (κ1) is 31.0. The van der Waals surface area contributed by atoms with E-state index in [1.807, 2.05) is 71.6 Å². The van der Waals surface area contributed by atoms with Crippen LogP contribution in [0, 0.1) is 0 Å². The molecule has 4 rings (SSSR count). The molecule has 0 aromatic heterocycles. The molecule has 0 saturated heterocycles. The molecule has 0 saturated carbocycles. The van der Waals surface area contributed by atoms with E-state index < -0.39 is 0 Å². The molecule has 4 aromatic rings. The third-order valence-corrected chi connectivity index (χ3v) is 7.11. The number of carbonyl (C=O) groups is 2. The van der Waals surface area contributed by atoms with Crippen molar-refractivity contribution in [3.63, 3.8) is 0 Å². The smallest absolute Gasteiger partial charge is 0.254 e. The first-order chi connectivity index (χ1) is 20.9. The first-order valence-electron chi connectivity index (χ1n) is 14.6. The third-order valence-electron chi connectivity index (χ3n) is 7.11. The van der Waals surface area contributed by atoms with Crippen LogP contribution >= 0.6 is 0 Å². The molecule has 0 heterocycles. The quantitative estimate of drug-likeness (QED) is 0.0996. The zero-order chi connectivity index (χ0) is 30.4. The average Bonchev–Trinajstić information content (AvgIpc) is 3.04. The summed E-state index contributed by atoms with van der Waals surface area (Å²) in [6.07, 6.45) is 2.82. The summed E-state index contributed by atoms with van der Waals surface area (Å²) in [4.78, 5) is 32.2. The number of rotatable bonds is 14. The monoisotopic (exact) mass is 576 g/mol. The van der Waals surface area contributed by atoms with Crippen LogP contribution in [0.2, 0.25) is 0 Å². The third kappa shape index (κ3) is 9.55. The molecule has 4 aromatic carbocycles. The van der Waals surface area contributed by atoms with E-state index in [4.69, 9.17) is 17.2 Å². The minimum atomic E-state index is -0.153. The van der Waals surface area contributed by atoms with Crippen molar-refractivity contribution >= 4 is 17.8 Å². The van der Waals surface area contributed by atoms with Gasteiger partial charge in [0.25, 0.3) is 11.8 Å². The summed E-state index contributed by atoms with van der Waals surface area (Å²) in [5.74, 6) is -0.150. The molecule has 0 fully saturated rings. The van der Waals surface area contributed by atoms with Crippen LogP contribution in [0.3, 0.4) is 0 Å². The highest BCUT2D eigenvalue weighted by molar-refractivity contribution is 5.95. The van der Waals surface area contributed by atoms with E-state index in [1.54, 1.807) is 6.07 Å². The van der Waals surface area contributed by atoms with Gasteiger partial charge in [-0.2, -0.15) is 0 Å². The SMILES string of the molecule is NCCNC(=O)c1cccc(-c2cccc(CN(CCCCc3ccccc3)C(=O)c3ccc(CN=C(N)N)cc3)c2)c1. The Morgan fingerprint density at radius 2 is 1.42 bits per heavy atom.